The molecule has 1 saturated heterocycles. The average Bonchev–Trinajstić information content (AvgIpc) is 3.65. The molecule has 2 fully saturated rings. The van der Waals surface area contributed by atoms with E-state index in [0.717, 1.165) is 5.56 Å². The first-order valence-corrected chi connectivity index (χ1v) is 12.4. The number of benzene rings is 3. The van der Waals surface area contributed by atoms with Crippen molar-refractivity contribution in [2.24, 2.45) is 5.92 Å². The minimum atomic E-state index is -1.26. The monoisotopic (exact) mass is 594 g/mol. The summed E-state index contributed by atoms with van der Waals surface area (Å²) in [6.45, 7) is 0. The van der Waals surface area contributed by atoms with Gasteiger partial charge in [-0.05, 0) is 42.0 Å². The van der Waals surface area contributed by atoms with Gasteiger partial charge in [0, 0.05) is 39.7 Å². The number of anilines is 2. The van der Waals surface area contributed by atoms with Crippen molar-refractivity contribution in [1.29, 1.82) is 0 Å². The van der Waals surface area contributed by atoms with Crippen LogP contribution in [0.2, 0.25) is 15.1 Å². The Morgan fingerprint density at radius 3 is 2.19 bits per heavy atom. The molecular formula is C24H14Cl5F3N2O2. The van der Waals surface area contributed by atoms with E-state index in [9.17, 15) is 18.0 Å². The van der Waals surface area contributed by atoms with E-state index >= 15 is 0 Å². The second kappa shape index (κ2) is 9.46. The third-order valence-corrected chi connectivity index (χ3v) is 7.74. The minimum absolute atomic E-state index is 0.0369. The standard InChI is InChI=1S/C24H14Cl5F3N2O2/c25-10-3-9(4-11(26)5-10)18-19(24(18,28)29)21-23(36-21)33-13-1-2-15(27)14(8-13)22(35)34-20-16(31)6-12(30)7-17(20)32/h1-8,18-19,21,23,33H,(H,34,35). The molecule has 4 atom stereocenters. The maximum Gasteiger partial charge on any atom is 0.257 e. The fourth-order valence-corrected chi connectivity index (χ4v) is 5.90. The Labute approximate surface area is 228 Å². The van der Waals surface area contributed by atoms with Crippen molar-refractivity contribution in [3.8, 4) is 0 Å². The summed E-state index contributed by atoms with van der Waals surface area (Å²) in [6, 6.07) is 10.5. The molecular weight excluding hydrogens is 583 g/mol. The molecule has 2 N–H and O–H groups in total. The van der Waals surface area contributed by atoms with Gasteiger partial charge in [-0.15, -0.1) is 23.2 Å². The number of hydrogen-bond donors (Lipinski definition) is 2. The molecule has 36 heavy (non-hydrogen) atoms. The van der Waals surface area contributed by atoms with Crippen molar-refractivity contribution in [2.75, 3.05) is 10.6 Å². The van der Waals surface area contributed by atoms with Crippen LogP contribution in [0.5, 0.6) is 0 Å². The first kappa shape index (κ1) is 25.8. The van der Waals surface area contributed by atoms with Gasteiger partial charge in [0.15, 0.2) is 17.9 Å². The molecule has 188 valence electrons. The summed E-state index contributed by atoms with van der Waals surface area (Å²) in [5.74, 6) is -5.01. The number of halogens is 8. The van der Waals surface area contributed by atoms with Crippen LogP contribution in [0.4, 0.5) is 24.5 Å². The average molecular weight is 597 g/mol. The van der Waals surface area contributed by atoms with Crippen LogP contribution in [0.3, 0.4) is 0 Å². The van der Waals surface area contributed by atoms with E-state index in [1.165, 1.54) is 12.1 Å². The van der Waals surface area contributed by atoms with Crippen LogP contribution >= 0.6 is 58.0 Å². The van der Waals surface area contributed by atoms with E-state index in [-0.39, 0.29) is 28.5 Å². The quantitative estimate of drug-likeness (QED) is 0.224. The summed E-state index contributed by atoms with van der Waals surface area (Å²) in [6.07, 6.45) is -0.797. The van der Waals surface area contributed by atoms with Gasteiger partial charge in [0.05, 0.1) is 10.6 Å². The lowest BCUT2D eigenvalue weighted by atomic mass is 10.1. The Balaban J connectivity index is 1.28. The molecule has 4 nitrogen and oxygen atoms in total. The summed E-state index contributed by atoms with van der Waals surface area (Å²) in [5.41, 5.74) is 0.393. The van der Waals surface area contributed by atoms with Gasteiger partial charge in [-0.1, -0.05) is 34.8 Å². The van der Waals surface area contributed by atoms with Crippen molar-refractivity contribution in [1.82, 2.24) is 0 Å². The van der Waals surface area contributed by atoms with Crippen molar-refractivity contribution in [2.45, 2.75) is 22.6 Å². The molecule has 12 heteroatoms. The summed E-state index contributed by atoms with van der Waals surface area (Å²) in [7, 11) is 0. The molecule has 0 aromatic heterocycles. The van der Waals surface area contributed by atoms with Crippen molar-refractivity contribution in [3.05, 3.63) is 92.2 Å². The topological polar surface area (TPSA) is 53.7 Å². The zero-order valence-electron chi connectivity index (χ0n) is 17.8. The van der Waals surface area contributed by atoms with Crippen LogP contribution in [0.15, 0.2) is 48.5 Å². The molecule has 2 aliphatic rings. The molecule has 1 saturated carbocycles. The number of epoxide rings is 1. The smallest absolute Gasteiger partial charge is 0.257 e. The number of rotatable bonds is 6. The second-order valence-corrected chi connectivity index (χ2v) is 11.2. The zero-order valence-corrected chi connectivity index (χ0v) is 21.5. The Kier molecular flexibility index (Phi) is 6.77. The highest BCUT2D eigenvalue weighted by atomic mass is 35.5. The molecule has 1 amide bonds. The van der Waals surface area contributed by atoms with E-state index in [4.69, 9.17) is 62.7 Å². The fraction of sp³-hybridized carbons (Fsp3) is 0.208. The molecule has 4 unspecified atom stereocenters. The number of alkyl halides is 2. The number of ether oxygens (including phenoxy) is 1. The summed E-state index contributed by atoms with van der Waals surface area (Å²) >= 11 is 31.4. The number of carbonyl (C=O) groups is 1. The highest BCUT2D eigenvalue weighted by Gasteiger charge is 2.72. The van der Waals surface area contributed by atoms with Crippen LogP contribution in [-0.2, 0) is 4.74 Å². The SMILES string of the molecule is O=C(Nc1c(F)cc(F)cc1F)c1cc(NC2OC2C2C(c3cc(Cl)cc(Cl)c3)C2(Cl)Cl)ccc1Cl. The largest absolute Gasteiger partial charge is 0.358 e. The van der Waals surface area contributed by atoms with E-state index in [1.54, 1.807) is 24.3 Å². The van der Waals surface area contributed by atoms with Crippen LogP contribution in [0.1, 0.15) is 21.8 Å². The molecule has 0 spiro atoms. The maximum absolute atomic E-state index is 13.9. The van der Waals surface area contributed by atoms with Gasteiger partial charge in [-0.3, -0.25) is 4.79 Å². The molecule has 3 aromatic rings. The van der Waals surface area contributed by atoms with Gasteiger partial charge in [0.1, 0.15) is 21.9 Å². The van der Waals surface area contributed by atoms with Gasteiger partial charge < -0.3 is 15.4 Å². The summed E-state index contributed by atoms with van der Waals surface area (Å²) in [5, 5.41) is 6.16. The van der Waals surface area contributed by atoms with Gasteiger partial charge in [-0.25, -0.2) is 13.2 Å². The number of carbonyl (C=O) groups excluding carboxylic acids is 1. The summed E-state index contributed by atoms with van der Waals surface area (Å²) in [4.78, 5) is 12.7. The van der Waals surface area contributed by atoms with Gasteiger partial charge in [-0.2, -0.15) is 0 Å². The lowest BCUT2D eigenvalue weighted by Crippen LogP contribution is -2.16. The Morgan fingerprint density at radius 1 is 0.917 bits per heavy atom. The lowest BCUT2D eigenvalue weighted by Gasteiger charge is -2.11. The first-order valence-electron chi connectivity index (χ1n) is 10.5. The molecule has 1 aliphatic heterocycles. The van der Waals surface area contributed by atoms with Gasteiger partial charge in [0.25, 0.3) is 5.91 Å². The maximum atomic E-state index is 13.9. The minimum Gasteiger partial charge on any atom is -0.358 e. The Hall–Kier alpha value is -1.87. The predicted molar refractivity (Wildman–Crippen MR) is 135 cm³/mol. The van der Waals surface area contributed by atoms with Crippen LogP contribution in [0, 0.1) is 23.4 Å². The molecule has 1 heterocycles. The van der Waals surface area contributed by atoms with Gasteiger partial charge in [0.2, 0.25) is 0 Å². The second-order valence-electron chi connectivity index (χ2n) is 8.44. The Morgan fingerprint density at radius 2 is 1.56 bits per heavy atom. The lowest BCUT2D eigenvalue weighted by molar-refractivity contribution is 0.102. The molecule has 0 radical (unpaired) electrons. The third-order valence-electron chi connectivity index (χ3n) is 6.00. The number of amides is 1. The number of hydrogen-bond acceptors (Lipinski definition) is 3. The van der Waals surface area contributed by atoms with E-state index in [2.05, 4.69) is 10.6 Å². The Bertz CT molecular complexity index is 1350. The van der Waals surface area contributed by atoms with Crippen molar-refractivity contribution >= 4 is 75.3 Å². The van der Waals surface area contributed by atoms with E-state index in [0.29, 0.717) is 27.9 Å². The molecule has 0 bridgehead atoms. The normalized spacial score (nSPS) is 23.8. The van der Waals surface area contributed by atoms with E-state index in [1.807, 2.05) is 0 Å². The highest BCUT2D eigenvalue weighted by molar-refractivity contribution is 6.52. The highest BCUT2D eigenvalue weighted by Crippen LogP contribution is 2.69. The van der Waals surface area contributed by atoms with E-state index < -0.39 is 39.6 Å². The van der Waals surface area contributed by atoms with Crippen LogP contribution in [0.25, 0.3) is 0 Å². The predicted octanol–water partition coefficient (Wildman–Crippen LogP) is 8.04. The van der Waals surface area contributed by atoms with Crippen molar-refractivity contribution < 1.29 is 22.7 Å². The third kappa shape index (κ3) is 4.97. The zero-order chi connectivity index (χ0) is 25.9. The van der Waals surface area contributed by atoms with Crippen LogP contribution < -0.4 is 10.6 Å². The number of nitrogens with one attached hydrogen (secondary N) is 2. The van der Waals surface area contributed by atoms with Gasteiger partial charge >= 0.3 is 0 Å². The molecule has 5 rings (SSSR count). The fourth-order valence-electron chi connectivity index (χ4n) is 4.25. The molecule has 1 aliphatic carbocycles. The summed E-state index contributed by atoms with van der Waals surface area (Å²) < 4.78 is 45.7. The molecule has 3 aromatic carbocycles. The van der Waals surface area contributed by atoms with Crippen molar-refractivity contribution in [3.63, 3.8) is 0 Å². The van der Waals surface area contributed by atoms with Crippen LogP contribution in [-0.4, -0.2) is 22.6 Å². The first-order chi connectivity index (χ1) is 17.0.